The summed E-state index contributed by atoms with van der Waals surface area (Å²) in [6.07, 6.45) is -1.13. The van der Waals surface area contributed by atoms with E-state index < -0.39 is 35.6 Å². The number of ether oxygens (including phenoxy) is 2. The normalized spacial score (nSPS) is 12.0. The van der Waals surface area contributed by atoms with Crippen molar-refractivity contribution in [1.82, 2.24) is 10.6 Å². The molecule has 0 heterocycles. The largest absolute Gasteiger partial charge is 0.480 e. The van der Waals surface area contributed by atoms with E-state index in [2.05, 4.69) is 15.4 Å². The Kier molecular flexibility index (Phi) is 8.67. The zero-order valence-corrected chi connectivity index (χ0v) is 13.8. The van der Waals surface area contributed by atoms with Gasteiger partial charge < -0.3 is 25.2 Å². The van der Waals surface area contributed by atoms with Crippen molar-refractivity contribution < 1.29 is 33.8 Å². The van der Waals surface area contributed by atoms with E-state index in [1.54, 1.807) is 27.7 Å². The highest BCUT2D eigenvalue weighted by atomic mass is 16.6. The molecule has 0 aromatic heterocycles. The van der Waals surface area contributed by atoms with Crippen LogP contribution in [0.3, 0.4) is 0 Å². The van der Waals surface area contributed by atoms with Gasteiger partial charge in [0.15, 0.2) is 0 Å². The Morgan fingerprint density at radius 3 is 2.22 bits per heavy atom. The Bertz CT molecular complexity index is 443. The lowest BCUT2D eigenvalue weighted by molar-refractivity contribution is -0.144. The van der Waals surface area contributed by atoms with Crippen LogP contribution in [-0.4, -0.2) is 53.8 Å². The fourth-order valence-electron chi connectivity index (χ4n) is 1.40. The molecule has 1 atom stereocenters. The van der Waals surface area contributed by atoms with Crippen LogP contribution in [0, 0.1) is 0 Å². The molecular formula is C14H24N2O7. The molecule has 0 spiro atoms. The van der Waals surface area contributed by atoms with Gasteiger partial charge >= 0.3 is 18.0 Å². The number of amides is 2. The van der Waals surface area contributed by atoms with Gasteiger partial charge in [-0.15, -0.1) is 0 Å². The van der Waals surface area contributed by atoms with Crippen molar-refractivity contribution >= 4 is 23.9 Å². The topological polar surface area (TPSA) is 131 Å². The maximum atomic E-state index is 11.5. The Hall–Kier alpha value is -2.32. The van der Waals surface area contributed by atoms with Crippen LogP contribution in [0.15, 0.2) is 0 Å². The molecule has 3 N–H and O–H groups in total. The molecule has 9 heteroatoms. The Morgan fingerprint density at radius 2 is 1.74 bits per heavy atom. The van der Waals surface area contributed by atoms with Gasteiger partial charge in [-0.3, -0.25) is 9.59 Å². The predicted molar refractivity (Wildman–Crippen MR) is 79.7 cm³/mol. The molecule has 0 aliphatic carbocycles. The quantitative estimate of drug-likeness (QED) is 0.549. The number of hydrogen-bond acceptors (Lipinski definition) is 6. The van der Waals surface area contributed by atoms with E-state index in [0.29, 0.717) is 0 Å². The minimum absolute atomic E-state index is 0.100. The molecule has 23 heavy (non-hydrogen) atoms. The summed E-state index contributed by atoms with van der Waals surface area (Å²) in [5.74, 6) is -2.35. The van der Waals surface area contributed by atoms with Crippen LogP contribution in [0.5, 0.6) is 0 Å². The molecule has 0 aliphatic rings. The summed E-state index contributed by atoms with van der Waals surface area (Å²) in [4.78, 5) is 45.2. The summed E-state index contributed by atoms with van der Waals surface area (Å²) >= 11 is 0. The zero-order valence-electron chi connectivity index (χ0n) is 13.8. The molecule has 0 rings (SSSR count). The molecule has 132 valence electrons. The van der Waals surface area contributed by atoms with E-state index in [9.17, 15) is 19.2 Å². The van der Waals surface area contributed by atoms with Crippen molar-refractivity contribution in [2.75, 3.05) is 13.2 Å². The Morgan fingerprint density at radius 1 is 1.13 bits per heavy atom. The Labute approximate surface area is 134 Å². The highest BCUT2D eigenvalue weighted by Crippen LogP contribution is 2.06. The van der Waals surface area contributed by atoms with E-state index in [1.165, 1.54) is 0 Å². The Balaban J connectivity index is 4.28. The second kappa shape index (κ2) is 9.65. The van der Waals surface area contributed by atoms with E-state index in [-0.39, 0.29) is 26.0 Å². The molecule has 0 unspecified atom stereocenters. The maximum absolute atomic E-state index is 11.5. The molecular weight excluding hydrogens is 308 g/mol. The highest BCUT2D eigenvalue weighted by molar-refractivity contribution is 5.83. The fraction of sp³-hybridized carbons (Fsp3) is 0.714. The second-order valence-electron chi connectivity index (χ2n) is 5.65. The van der Waals surface area contributed by atoms with E-state index in [4.69, 9.17) is 9.84 Å². The summed E-state index contributed by atoms with van der Waals surface area (Å²) in [6, 6.07) is -1.34. The second-order valence-corrected chi connectivity index (χ2v) is 5.65. The summed E-state index contributed by atoms with van der Waals surface area (Å²) in [6.45, 7) is 6.47. The summed E-state index contributed by atoms with van der Waals surface area (Å²) in [5, 5.41) is 13.5. The van der Waals surface area contributed by atoms with Gasteiger partial charge in [-0.2, -0.15) is 0 Å². The van der Waals surface area contributed by atoms with Gasteiger partial charge in [0.2, 0.25) is 5.91 Å². The monoisotopic (exact) mass is 332 g/mol. The first-order valence-corrected chi connectivity index (χ1v) is 7.19. The lowest BCUT2D eigenvalue weighted by Gasteiger charge is -2.22. The third-order valence-electron chi connectivity index (χ3n) is 2.35. The van der Waals surface area contributed by atoms with E-state index in [0.717, 1.165) is 0 Å². The number of carboxylic acids is 1. The van der Waals surface area contributed by atoms with Crippen LogP contribution in [0.2, 0.25) is 0 Å². The zero-order chi connectivity index (χ0) is 18.0. The molecule has 2 amide bonds. The first-order valence-electron chi connectivity index (χ1n) is 7.19. The third kappa shape index (κ3) is 11.0. The summed E-state index contributed by atoms with van der Waals surface area (Å²) in [5.41, 5.74) is -0.768. The van der Waals surface area contributed by atoms with Gasteiger partial charge in [0.1, 0.15) is 11.6 Å². The van der Waals surface area contributed by atoms with Gasteiger partial charge in [-0.05, 0) is 27.7 Å². The molecule has 0 radical (unpaired) electrons. The number of carboxylic acid groups (broad SMARTS) is 1. The molecule has 0 aromatic carbocycles. The van der Waals surface area contributed by atoms with Crippen LogP contribution >= 0.6 is 0 Å². The smallest absolute Gasteiger partial charge is 0.408 e. The van der Waals surface area contributed by atoms with Crippen LogP contribution in [0.4, 0.5) is 4.79 Å². The number of esters is 1. The highest BCUT2D eigenvalue weighted by Gasteiger charge is 2.24. The van der Waals surface area contributed by atoms with Crippen molar-refractivity contribution in [3.8, 4) is 0 Å². The van der Waals surface area contributed by atoms with Gasteiger partial charge in [0.05, 0.1) is 13.0 Å². The average Bonchev–Trinajstić information content (AvgIpc) is 2.39. The molecule has 0 fully saturated rings. The van der Waals surface area contributed by atoms with E-state index >= 15 is 0 Å². The third-order valence-corrected chi connectivity index (χ3v) is 2.35. The number of rotatable bonds is 8. The molecule has 9 nitrogen and oxygen atoms in total. The van der Waals surface area contributed by atoms with Crippen molar-refractivity contribution in [3.63, 3.8) is 0 Å². The van der Waals surface area contributed by atoms with Crippen molar-refractivity contribution in [3.05, 3.63) is 0 Å². The lowest BCUT2D eigenvalue weighted by atomic mass is 10.2. The maximum Gasteiger partial charge on any atom is 0.408 e. The molecule has 0 saturated carbocycles. The average molecular weight is 332 g/mol. The van der Waals surface area contributed by atoms with Crippen molar-refractivity contribution in [2.45, 2.75) is 52.2 Å². The van der Waals surface area contributed by atoms with Crippen LogP contribution < -0.4 is 10.6 Å². The molecule has 0 aliphatic heterocycles. The first kappa shape index (κ1) is 20.7. The van der Waals surface area contributed by atoms with Gasteiger partial charge in [-0.25, -0.2) is 9.59 Å². The standard InChI is InChI=1S/C14H24N2O7/c1-5-22-11(18)7-6-10(17)15-8-9(12(19)20)16-13(21)23-14(2,3)4/h9H,5-8H2,1-4H3,(H,15,17)(H,16,21)(H,19,20)/t9-/m0/s1. The number of carbonyl (C=O) groups is 4. The van der Waals surface area contributed by atoms with E-state index in [1.807, 2.05) is 0 Å². The van der Waals surface area contributed by atoms with Crippen LogP contribution in [0.1, 0.15) is 40.5 Å². The number of carbonyl (C=O) groups excluding carboxylic acids is 3. The van der Waals surface area contributed by atoms with Crippen molar-refractivity contribution in [1.29, 1.82) is 0 Å². The molecule has 0 aromatic rings. The van der Waals surface area contributed by atoms with Gasteiger partial charge in [0, 0.05) is 13.0 Å². The SMILES string of the molecule is CCOC(=O)CCC(=O)NC[C@H](NC(=O)OC(C)(C)C)C(=O)O. The number of aliphatic carboxylic acids is 1. The molecule has 0 bridgehead atoms. The lowest BCUT2D eigenvalue weighted by Crippen LogP contribution is -2.49. The van der Waals surface area contributed by atoms with Crippen molar-refractivity contribution in [2.24, 2.45) is 0 Å². The fourth-order valence-corrected chi connectivity index (χ4v) is 1.40. The van der Waals surface area contributed by atoms with Gasteiger partial charge in [0.25, 0.3) is 0 Å². The number of nitrogens with one attached hydrogen (secondary N) is 2. The minimum atomic E-state index is -1.34. The molecule has 0 saturated heterocycles. The van der Waals surface area contributed by atoms with Gasteiger partial charge in [-0.1, -0.05) is 0 Å². The first-order chi connectivity index (χ1) is 10.5. The minimum Gasteiger partial charge on any atom is -0.480 e. The van der Waals surface area contributed by atoms with Crippen LogP contribution in [-0.2, 0) is 23.9 Å². The number of alkyl carbamates (subject to hydrolysis) is 1. The van der Waals surface area contributed by atoms with Crippen LogP contribution in [0.25, 0.3) is 0 Å². The summed E-state index contributed by atoms with van der Waals surface area (Å²) in [7, 11) is 0. The predicted octanol–water partition coefficient (Wildman–Crippen LogP) is 0.424. The number of hydrogen-bond donors (Lipinski definition) is 3. The summed E-state index contributed by atoms with van der Waals surface area (Å²) < 4.78 is 9.61.